The molecule has 0 spiro atoms. The van der Waals surface area contributed by atoms with Crippen LogP contribution >= 0.6 is 11.3 Å². The number of nitrogens with zero attached hydrogens (tertiary/aromatic N) is 1. The maximum atomic E-state index is 13.2. The van der Waals surface area contributed by atoms with Crippen molar-refractivity contribution >= 4 is 22.2 Å². The number of benzene rings is 1. The minimum atomic E-state index is -1.07. The number of aryl methyl sites for hydroxylation is 1. The van der Waals surface area contributed by atoms with E-state index in [4.69, 9.17) is 0 Å². The van der Waals surface area contributed by atoms with Gasteiger partial charge in [0.2, 0.25) is 0 Å². The molecule has 0 radical (unpaired) electrons. The van der Waals surface area contributed by atoms with Gasteiger partial charge in [0.05, 0.1) is 5.56 Å². The number of nitriles is 1. The maximum absolute atomic E-state index is 13.2. The third-order valence-electron chi connectivity index (χ3n) is 3.44. The summed E-state index contributed by atoms with van der Waals surface area (Å²) in [6, 6.07) is 5.08. The summed E-state index contributed by atoms with van der Waals surface area (Å²) in [4.78, 5) is 13.2. The lowest BCUT2D eigenvalue weighted by Crippen LogP contribution is -2.12. The van der Waals surface area contributed by atoms with Gasteiger partial charge in [-0.05, 0) is 43.0 Å². The number of fused-ring (bicyclic) bond motifs is 1. The molecule has 0 fully saturated rings. The van der Waals surface area contributed by atoms with Crippen molar-refractivity contribution in [2.75, 3.05) is 5.32 Å². The second-order valence-electron chi connectivity index (χ2n) is 4.76. The normalized spacial score (nSPS) is 12.8. The number of hydrogen-bond donors (Lipinski definition) is 1. The first-order valence-corrected chi connectivity index (χ1v) is 7.23. The molecule has 0 aliphatic heterocycles. The van der Waals surface area contributed by atoms with Crippen molar-refractivity contribution in [3.8, 4) is 6.07 Å². The molecule has 3 rings (SSSR count). The van der Waals surface area contributed by atoms with Gasteiger partial charge in [-0.15, -0.1) is 11.3 Å². The highest BCUT2D eigenvalue weighted by Gasteiger charge is 2.23. The molecule has 1 aliphatic carbocycles. The Morgan fingerprint density at radius 2 is 2.10 bits per heavy atom. The number of amides is 1. The molecular weight excluding hydrogens is 294 g/mol. The average molecular weight is 304 g/mol. The molecule has 0 saturated carbocycles. The number of rotatable bonds is 2. The van der Waals surface area contributed by atoms with E-state index >= 15 is 0 Å². The van der Waals surface area contributed by atoms with Crippen LogP contribution in [0, 0.1) is 23.0 Å². The van der Waals surface area contributed by atoms with Gasteiger partial charge in [0.15, 0.2) is 11.6 Å². The van der Waals surface area contributed by atoms with Gasteiger partial charge in [-0.25, -0.2) is 8.78 Å². The van der Waals surface area contributed by atoms with Gasteiger partial charge in [0, 0.05) is 10.4 Å². The largest absolute Gasteiger partial charge is 0.312 e. The van der Waals surface area contributed by atoms with Crippen LogP contribution in [0.1, 0.15) is 32.8 Å². The summed E-state index contributed by atoms with van der Waals surface area (Å²) in [5.74, 6) is -2.62. The smallest absolute Gasteiger partial charge is 0.256 e. The number of carbonyl (C=O) groups is 1. The van der Waals surface area contributed by atoms with Crippen LogP contribution in [-0.2, 0) is 12.8 Å². The number of halogens is 2. The summed E-state index contributed by atoms with van der Waals surface area (Å²) in [6.07, 6.45) is 2.78. The van der Waals surface area contributed by atoms with Crippen LogP contribution in [0.2, 0.25) is 0 Å². The van der Waals surface area contributed by atoms with Crippen LogP contribution in [0.5, 0.6) is 0 Å². The lowest BCUT2D eigenvalue weighted by atomic mass is 10.1. The molecule has 0 bridgehead atoms. The Hall–Kier alpha value is -2.26. The van der Waals surface area contributed by atoms with E-state index in [0.29, 0.717) is 10.6 Å². The van der Waals surface area contributed by atoms with E-state index in [2.05, 4.69) is 11.4 Å². The van der Waals surface area contributed by atoms with Crippen molar-refractivity contribution in [2.24, 2.45) is 0 Å². The zero-order valence-electron chi connectivity index (χ0n) is 10.9. The molecule has 1 aromatic carbocycles. The lowest BCUT2D eigenvalue weighted by molar-refractivity contribution is 0.102. The summed E-state index contributed by atoms with van der Waals surface area (Å²) in [5, 5.41) is 12.3. The molecule has 3 nitrogen and oxygen atoms in total. The Balaban J connectivity index is 1.88. The zero-order valence-corrected chi connectivity index (χ0v) is 11.7. The molecule has 1 heterocycles. The number of anilines is 1. The summed E-state index contributed by atoms with van der Waals surface area (Å²) in [6.45, 7) is 0. The molecule has 1 amide bonds. The van der Waals surface area contributed by atoms with Gasteiger partial charge in [-0.2, -0.15) is 5.26 Å². The van der Waals surface area contributed by atoms with Crippen molar-refractivity contribution in [2.45, 2.75) is 19.3 Å². The van der Waals surface area contributed by atoms with Crippen LogP contribution in [0.15, 0.2) is 18.2 Å². The molecule has 0 atom stereocenters. The number of nitrogens with one attached hydrogen (secondary N) is 1. The molecular formula is C15H10F2N2OS. The summed E-state index contributed by atoms with van der Waals surface area (Å²) >= 11 is 1.38. The number of thiophene rings is 1. The van der Waals surface area contributed by atoms with E-state index < -0.39 is 17.5 Å². The fraction of sp³-hybridized carbons (Fsp3) is 0.200. The van der Waals surface area contributed by atoms with E-state index in [1.807, 2.05) is 0 Å². The van der Waals surface area contributed by atoms with Gasteiger partial charge in [-0.3, -0.25) is 4.79 Å². The predicted molar refractivity (Wildman–Crippen MR) is 75.4 cm³/mol. The van der Waals surface area contributed by atoms with Crippen LogP contribution < -0.4 is 5.32 Å². The molecule has 21 heavy (non-hydrogen) atoms. The van der Waals surface area contributed by atoms with Gasteiger partial charge in [0.25, 0.3) is 5.91 Å². The summed E-state index contributed by atoms with van der Waals surface area (Å²) in [7, 11) is 0. The van der Waals surface area contributed by atoms with Crippen LogP contribution in [-0.4, -0.2) is 5.91 Å². The zero-order chi connectivity index (χ0) is 15.0. The maximum Gasteiger partial charge on any atom is 0.256 e. The Morgan fingerprint density at radius 1 is 1.29 bits per heavy atom. The Bertz CT molecular complexity index is 777. The van der Waals surface area contributed by atoms with Crippen molar-refractivity contribution in [1.29, 1.82) is 5.26 Å². The highest BCUT2D eigenvalue weighted by Crippen LogP contribution is 2.38. The summed E-state index contributed by atoms with van der Waals surface area (Å²) in [5.41, 5.74) is 1.51. The van der Waals surface area contributed by atoms with Crippen LogP contribution in [0.4, 0.5) is 13.8 Å². The minimum Gasteiger partial charge on any atom is -0.312 e. The second kappa shape index (κ2) is 5.26. The molecule has 1 aliphatic rings. The van der Waals surface area contributed by atoms with Crippen molar-refractivity contribution < 1.29 is 13.6 Å². The SMILES string of the molecule is N#Cc1c(NC(=O)c2ccc(F)c(F)c2)sc2c1CCC2. The van der Waals surface area contributed by atoms with E-state index in [-0.39, 0.29) is 5.56 Å². The van der Waals surface area contributed by atoms with E-state index in [1.165, 1.54) is 17.4 Å². The Kier molecular flexibility index (Phi) is 3.43. The summed E-state index contributed by atoms with van der Waals surface area (Å²) < 4.78 is 26.0. The van der Waals surface area contributed by atoms with Crippen molar-refractivity contribution in [3.63, 3.8) is 0 Å². The fourth-order valence-corrected chi connectivity index (χ4v) is 3.66. The van der Waals surface area contributed by atoms with Crippen LogP contribution in [0.25, 0.3) is 0 Å². The van der Waals surface area contributed by atoms with Gasteiger partial charge in [-0.1, -0.05) is 0 Å². The average Bonchev–Trinajstić information content (AvgIpc) is 3.02. The standard InChI is InChI=1S/C15H10F2N2OS/c16-11-5-4-8(6-12(11)17)14(20)19-15-10(7-18)9-2-1-3-13(9)21-15/h4-6H,1-3H2,(H,19,20). The molecule has 1 N–H and O–H groups in total. The Labute approximate surface area is 123 Å². The first kappa shape index (κ1) is 13.7. The molecule has 2 aromatic rings. The highest BCUT2D eigenvalue weighted by molar-refractivity contribution is 7.16. The molecule has 6 heteroatoms. The molecule has 1 aromatic heterocycles. The first-order chi connectivity index (χ1) is 10.1. The quantitative estimate of drug-likeness (QED) is 0.921. The van der Waals surface area contributed by atoms with Crippen molar-refractivity contribution in [3.05, 3.63) is 51.4 Å². The topological polar surface area (TPSA) is 52.9 Å². The van der Waals surface area contributed by atoms with Crippen LogP contribution in [0.3, 0.4) is 0 Å². The monoisotopic (exact) mass is 304 g/mol. The van der Waals surface area contributed by atoms with E-state index in [0.717, 1.165) is 41.8 Å². The van der Waals surface area contributed by atoms with E-state index in [1.54, 1.807) is 0 Å². The van der Waals surface area contributed by atoms with E-state index in [9.17, 15) is 18.8 Å². The Morgan fingerprint density at radius 3 is 2.81 bits per heavy atom. The third kappa shape index (κ3) is 2.41. The van der Waals surface area contributed by atoms with Crippen molar-refractivity contribution in [1.82, 2.24) is 0 Å². The third-order valence-corrected chi connectivity index (χ3v) is 4.65. The molecule has 0 unspecified atom stereocenters. The predicted octanol–water partition coefficient (Wildman–Crippen LogP) is 3.64. The molecule has 0 saturated heterocycles. The molecule has 106 valence electrons. The van der Waals surface area contributed by atoms with Gasteiger partial charge < -0.3 is 5.32 Å². The lowest BCUT2D eigenvalue weighted by Gasteiger charge is -2.04. The van der Waals surface area contributed by atoms with Gasteiger partial charge in [0.1, 0.15) is 11.1 Å². The fourth-order valence-electron chi connectivity index (χ4n) is 2.42. The second-order valence-corrected chi connectivity index (χ2v) is 5.86. The highest BCUT2D eigenvalue weighted by atomic mass is 32.1. The number of hydrogen-bond acceptors (Lipinski definition) is 3. The van der Waals surface area contributed by atoms with Gasteiger partial charge >= 0.3 is 0 Å². The minimum absolute atomic E-state index is 0.0198. The number of carbonyl (C=O) groups excluding carboxylic acids is 1. The first-order valence-electron chi connectivity index (χ1n) is 6.41.